The van der Waals surface area contributed by atoms with Gasteiger partial charge in [0.1, 0.15) is 0 Å². The third kappa shape index (κ3) is 4.52. The summed E-state index contributed by atoms with van der Waals surface area (Å²) in [5.41, 5.74) is 6.75. The summed E-state index contributed by atoms with van der Waals surface area (Å²) in [5.74, 6) is -0.746. The van der Waals surface area contributed by atoms with E-state index in [0.717, 1.165) is 24.9 Å². The number of hydrogen-bond donors (Lipinski definition) is 2. The van der Waals surface area contributed by atoms with E-state index in [0.29, 0.717) is 12.2 Å². The largest absolute Gasteiger partial charge is 0.490 e. The molecular formula is C20H22N4O5. The molecule has 0 spiro atoms. The third-order valence-electron chi connectivity index (χ3n) is 4.97. The predicted molar refractivity (Wildman–Crippen MR) is 107 cm³/mol. The quantitative estimate of drug-likeness (QED) is 0.544. The second-order valence-corrected chi connectivity index (χ2v) is 6.79. The fraction of sp³-hybridized carbons (Fsp3) is 0.300. The summed E-state index contributed by atoms with van der Waals surface area (Å²) >= 11 is 0. The van der Waals surface area contributed by atoms with Gasteiger partial charge in [0, 0.05) is 23.9 Å². The van der Waals surface area contributed by atoms with Crippen molar-refractivity contribution in [3.8, 4) is 5.75 Å². The van der Waals surface area contributed by atoms with E-state index in [1.165, 1.54) is 25.3 Å². The van der Waals surface area contributed by atoms with Crippen LogP contribution < -0.4 is 15.8 Å². The Kier molecular flexibility index (Phi) is 6.08. The van der Waals surface area contributed by atoms with Crippen LogP contribution in [0.4, 0.5) is 11.4 Å². The molecule has 0 radical (unpaired) electrons. The molecule has 1 aliphatic heterocycles. The maximum absolute atomic E-state index is 12.7. The summed E-state index contributed by atoms with van der Waals surface area (Å²) < 4.78 is 4.97. The van der Waals surface area contributed by atoms with Crippen LogP contribution in [0.3, 0.4) is 0 Å². The number of nitrogens with zero attached hydrogens (tertiary/aromatic N) is 2. The van der Waals surface area contributed by atoms with Gasteiger partial charge in [0.2, 0.25) is 5.91 Å². The van der Waals surface area contributed by atoms with Crippen LogP contribution in [-0.2, 0) is 11.3 Å². The topological polar surface area (TPSA) is 128 Å². The molecule has 3 rings (SSSR count). The van der Waals surface area contributed by atoms with E-state index < -0.39 is 10.8 Å². The lowest BCUT2D eigenvalue weighted by Crippen LogP contribution is -2.39. The Morgan fingerprint density at radius 1 is 1.31 bits per heavy atom. The first-order chi connectivity index (χ1) is 13.9. The highest BCUT2D eigenvalue weighted by molar-refractivity contribution is 6.05. The maximum Gasteiger partial charge on any atom is 0.311 e. The summed E-state index contributed by atoms with van der Waals surface area (Å²) in [4.78, 5) is 36.9. The molecule has 2 aromatic carbocycles. The van der Waals surface area contributed by atoms with Crippen LogP contribution in [-0.4, -0.2) is 41.3 Å². The molecular weight excluding hydrogens is 376 g/mol. The average molecular weight is 398 g/mol. The number of nitrogens with one attached hydrogen (secondary N) is 1. The SMILES string of the molecule is COc1ccc(C(=O)Nc2ccccc2CN2CCCC2C(N)=O)cc1[N+](=O)[O-]. The van der Waals surface area contributed by atoms with Gasteiger partial charge in [-0.05, 0) is 43.1 Å². The second kappa shape index (κ2) is 8.70. The zero-order chi connectivity index (χ0) is 21.0. The van der Waals surface area contributed by atoms with Crippen molar-refractivity contribution in [3.63, 3.8) is 0 Å². The first kappa shape index (κ1) is 20.3. The lowest BCUT2D eigenvalue weighted by molar-refractivity contribution is -0.385. The van der Waals surface area contributed by atoms with Crippen molar-refractivity contribution in [2.45, 2.75) is 25.4 Å². The minimum atomic E-state index is -0.596. The second-order valence-electron chi connectivity index (χ2n) is 6.79. The molecule has 1 atom stereocenters. The Balaban J connectivity index is 1.81. The van der Waals surface area contributed by atoms with Crippen molar-refractivity contribution in [2.24, 2.45) is 5.73 Å². The minimum Gasteiger partial charge on any atom is -0.490 e. The summed E-state index contributed by atoms with van der Waals surface area (Å²) in [7, 11) is 1.33. The van der Waals surface area contributed by atoms with Crippen LogP contribution >= 0.6 is 0 Å². The molecule has 1 fully saturated rings. The molecule has 1 unspecified atom stereocenters. The highest BCUT2D eigenvalue weighted by Crippen LogP contribution is 2.28. The molecule has 1 aliphatic rings. The van der Waals surface area contributed by atoms with E-state index in [1.54, 1.807) is 12.1 Å². The van der Waals surface area contributed by atoms with Crippen molar-refractivity contribution in [3.05, 3.63) is 63.7 Å². The van der Waals surface area contributed by atoms with Gasteiger partial charge < -0.3 is 15.8 Å². The first-order valence-electron chi connectivity index (χ1n) is 9.15. The van der Waals surface area contributed by atoms with Gasteiger partial charge in [-0.2, -0.15) is 0 Å². The van der Waals surface area contributed by atoms with E-state index in [-0.39, 0.29) is 28.9 Å². The van der Waals surface area contributed by atoms with Crippen molar-refractivity contribution >= 4 is 23.2 Å². The van der Waals surface area contributed by atoms with Crippen LogP contribution in [0.5, 0.6) is 5.75 Å². The fourth-order valence-corrected chi connectivity index (χ4v) is 3.50. The number of primary amides is 1. The van der Waals surface area contributed by atoms with E-state index >= 15 is 0 Å². The highest BCUT2D eigenvalue weighted by atomic mass is 16.6. The Hall–Kier alpha value is -3.46. The number of ether oxygens (including phenoxy) is 1. The normalized spacial score (nSPS) is 16.4. The summed E-state index contributed by atoms with van der Waals surface area (Å²) in [5, 5.41) is 14.0. The molecule has 0 saturated carbocycles. The van der Waals surface area contributed by atoms with Crippen molar-refractivity contribution < 1.29 is 19.2 Å². The first-order valence-corrected chi connectivity index (χ1v) is 9.15. The number of nitro groups is 1. The zero-order valence-electron chi connectivity index (χ0n) is 16.0. The van der Waals surface area contributed by atoms with E-state index in [1.807, 2.05) is 17.0 Å². The highest BCUT2D eigenvalue weighted by Gasteiger charge is 2.29. The Morgan fingerprint density at radius 3 is 2.76 bits per heavy atom. The molecule has 152 valence electrons. The number of nitrogens with two attached hydrogens (primary N) is 1. The standard InChI is InChI=1S/C20H22N4O5/c1-29-18-9-8-13(11-17(18)24(27)28)20(26)22-15-6-3-2-5-14(15)12-23-10-4-7-16(23)19(21)25/h2-3,5-6,8-9,11,16H,4,7,10,12H2,1H3,(H2,21,25)(H,22,26). The molecule has 1 saturated heterocycles. The lowest BCUT2D eigenvalue weighted by atomic mass is 10.1. The minimum absolute atomic E-state index is 0.0819. The molecule has 0 bridgehead atoms. The van der Waals surface area contributed by atoms with E-state index in [9.17, 15) is 19.7 Å². The number of benzene rings is 2. The van der Waals surface area contributed by atoms with Crippen molar-refractivity contribution in [2.75, 3.05) is 19.0 Å². The van der Waals surface area contributed by atoms with E-state index in [4.69, 9.17) is 10.5 Å². The van der Waals surface area contributed by atoms with Gasteiger partial charge in [-0.3, -0.25) is 24.6 Å². The molecule has 2 amide bonds. The molecule has 9 nitrogen and oxygen atoms in total. The molecule has 0 aromatic heterocycles. The van der Waals surface area contributed by atoms with Gasteiger partial charge in [0.25, 0.3) is 5.91 Å². The Morgan fingerprint density at radius 2 is 2.07 bits per heavy atom. The molecule has 3 N–H and O–H groups in total. The van der Waals surface area contributed by atoms with Gasteiger partial charge in [-0.1, -0.05) is 18.2 Å². The number of amides is 2. The number of carbonyl (C=O) groups excluding carboxylic acids is 2. The van der Waals surface area contributed by atoms with Gasteiger partial charge in [0.15, 0.2) is 5.75 Å². The van der Waals surface area contributed by atoms with Crippen molar-refractivity contribution in [1.82, 2.24) is 4.90 Å². The van der Waals surface area contributed by atoms with Gasteiger partial charge in [0.05, 0.1) is 18.1 Å². The smallest absolute Gasteiger partial charge is 0.311 e. The monoisotopic (exact) mass is 398 g/mol. The van der Waals surface area contributed by atoms with Crippen molar-refractivity contribution in [1.29, 1.82) is 0 Å². The van der Waals surface area contributed by atoms with Crippen LogP contribution in [0.25, 0.3) is 0 Å². The number of nitro benzene ring substituents is 1. The number of para-hydroxylation sites is 1. The Labute approximate surface area is 167 Å². The lowest BCUT2D eigenvalue weighted by Gasteiger charge is -2.23. The Bertz CT molecular complexity index is 946. The zero-order valence-corrected chi connectivity index (χ0v) is 16.0. The number of anilines is 1. The van der Waals surface area contributed by atoms with Crippen LogP contribution in [0.15, 0.2) is 42.5 Å². The fourth-order valence-electron chi connectivity index (χ4n) is 3.50. The number of carbonyl (C=O) groups is 2. The average Bonchev–Trinajstić information content (AvgIpc) is 3.17. The molecule has 0 aliphatic carbocycles. The maximum atomic E-state index is 12.7. The third-order valence-corrected chi connectivity index (χ3v) is 4.97. The predicted octanol–water partition coefficient (Wildman–Crippen LogP) is 2.31. The number of methoxy groups -OCH3 is 1. The van der Waals surface area contributed by atoms with Crippen LogP contribution in [0.1, 0.15) is 28.8 Å². The van der Waals surface area contributed by atoms with Gasteiger partial charge >= 0.3 is 5.69 Å². The number of rotatable bonds is 7. The summed E-state index contributed by atoms with van der Waals surface area (Å²) in [6.07, 6.45) is 1.61. The molecule has 1 heterocycles. The number of hydrogen-bond acceptors (Lipinski definition) is 6. The number of likely N-dealkylation sites (tertiary alicyclic amines) is 1. The van der Waals surface area contributed by atoms with Gasteiger partial charge in [-0.15, -0.1) is 0 Å². The van der Waals surface area contributed by atoms with E-state index in [2.05, 4.69) is 5.32 Å². The van der Waals surface area contributed by atoms with Crippen LogP contribution in [0.2, 0.25) is 0 Å². The van der Waals surface area contributed by atoms with Crippen LogP contribution in [0, 0.1) is 10.1 Å². The molecule has 2 aromatic rings. The molecule has 29 heavy (non-hydrogen) atoms. The summed E-state index contributed by atoms with van der Waals surface area (Å²) in [6, 6.07) is 11.0. The molecule has 9 heteroatoms. The summed E-state index contributed by atoms with van der Waals surface area (Å²) in [6.45, 7) is 1.22. The van der Waals surface area contributed by atoms with Gasteiger partial charge in [-0.25, -0.2) is 0 Å².